The molecule has 7 rings (SSSR count). The molecule has 0 aliphatic heterocycles. The van der Waals surface area contributed by atoms with E-state index in [0.29, 0.717) is 13.1 Å². The number of para-hydroxylation sites is 1. The highest BCUT2D eigenvalue weighted by atomic mass is 31.2. The van der Waals surface area contributed by atoms with Gasteiger partial charge in [-0.1, -0.05) is 206 Å². The molecule has 0 fully saturated rings. The Morgan fingerprint density at radius 1 is 0.451 bits per heavy atom. The van der Waals surface area contributed by atoms with Gasteiger partial charge in [-0.3, -0.25) is 4.79 Å². The number of allylic oxidation sites excluding steroid dienone is 1. The summed E-state index contributed by atoms with van der Waals surface area (Å²) in [4.78, 5) is 17.9. The number of ketones is 1. The van der Waals surface area contributed by atoms with Gasteiger partial charge in [0.05, 0.1) is 0 Å². The second kappa shape index (κ2) is 16.2. The van der Waals surface area contributed by atoms with E-state index in [1.165, 1.54) is 11.1 Å². The average Bonchev–Trinajstić information content (AvgIpc) is 3.21. The highest BCUT2D eigenvalue weighted by Gasteiger charge is 2.34. The SMILES string of the molecule is O=C(/C=C/c1ccccc1)C(c1ccccc1N(Cc1ccccc1)Cc1ccccc1)=P(c1ccccc1)(c1ccccc1)c1ccccc1. The number of hydrogen-bond acceptors (Lipinski definition) is 2. The second-order valence-electron chi connectivity index (χ2n) is 12.5. The molecule has 0 aliphatic carbocycles. The van der Waals surface area contributed by atoms with Gasteiger partial charge < -0.3 is 4.90 Å². The van der Waals surface area contributed by atoms with E-state index < -0.39 is 6.89 Å². The number of nitrogens with zero attached hydrogens (tertiary/aromatic N) is 1. The summed E-state index contributed by atoms with van der Waals surface area (Å²) in [7, 11) is 0. The standard InChI is InChI=1S/C48H40NOP/c50-47(36-35-39-21-7-1-8-22-39)48(51(42-27-13-4-14-28-42,43-29-15-5-16-30-43)44-31-17-6-18-32-44)45-33-19-20-34-46(45)49(37-40-23-9-2-10-24-40)38-41-25-11-3-12-26-41/h1-36H,37-38H2/b36-35+. The zero-order valence-electron chi connectivity index (χ0n) is 28.5. The van der Waals surface area contributed by atoms with E-state index in [1.807, 2.05) is 36.4 Å². The van der Waals surface area contributed by atoms with Crippen molar-refractivity contribution >= 4 is 45.6 Å². The van der Waals surface area contributed by atoms with Crippen LogP contribution in [-0.4, -0.2) is 11.1 Å². The molecule has 51 heavy (non-hydrogen) atoms. The van der Waals surface area contributed by atoms with Crippen molar-refractivity contribution in [1.29, 1.82) is 0 Å². The van der Waals surface area contributed by atoms with Crippen molar-refractivity contribution in [1.82, 2.24) is 0 Å². The summed E-state index contributed by atoms with van der Waals surface area (Å²) < 4.78 is 0. The molecule has 2 nitrogen and oxygen atoms in total. The monoisotopic (exact) mass is 677 g/mol. The lowest BCUT2D eigenvalue weighted by atomic mass is 10.0. The van der Waals surface area contributed by atoms with Gasteiger partial charge in [-0.2, -0.15) is 0 Å². The lowest BCUT2D eigenvalue weighted by molar-refractivity contribution is -0.108. The molecule has 0 atom stereocenters. The number of rotatable bonds is 12. The van der Waals surface area contributed by atoms with E-state index in [-0.39, 0.29) is 5.78 Å². The molecule has 3 heteroatoms. The van der Waals surface area contributed by atoms with Crippen LogP contribution in [0.3, 0.4) is 0 Å². The third kappa shape index (κ3) is 7.48. The van der Waals surface area contributed by atoms with Crippen LogP contribution in [0.5, 0.6) is 0 Å². The van der Waals surface area contributed by atoms with Crippen LogP contribution in [0.1, 0.15) is 22.3 Å². The molecule has 0 N–H and O–H groups in total. The lowest BCUT2D eigenvalue weighted by Gasteiger charge is -2.34. The fourth-order valence-electron chi connectivity index (χ4n) is 6.87. The number of carbonyl (C=O) groups excluding carboxylic acids is 1. The molecule has 0 saturated heterocycles. The fraction of sp³-hybridized carbons (Fsp3) is 0.0417. The van der Waals surface area contributed by atoms with Gasteiger partial charge >= 0.3 is 0 Å². The summed E-state index contributed by atoms with van der Waals surface area (Å²) >= 11 is 0. The molecule has 7 aromatic rings. The van der Waals surface area contributed by atoms with Gasteiger partial charge in [-0.05, 0) is 51.6 Å². The zero-order valence-corrected chi connectivity index (χ0v) is 29.4. The van der Waals surface area contributed by atoms with E-state index >= 15 is 4.79 Å². The third-order valence-corrected chi connectivity index (χ3v) is 13.5. The van der Waals surface area contributed by atoms with Crippen LogP contribution in [0.4, 0.5) is 5.69 Å². The van der Waals surface area contributed by atoms with Gasteiger partial charge in [-0.15, -0.1) is 0 Å². The molecule has 0 radical (unpaired) electrons. The van der Waals surface area contributed by atoms with Crippen LogP contribution >= 0.6 is 6.89 Å². The van der Waals surface area contributed by atoms with Crippen LogP contribution in [-0.2, 0) is 17.9 Å². The molecule has 0 amide bonds. The maximum atomic E-state index is 15.5. The molecule has 0 unspecified atom stereocenters. The highest BCUT2D eigenvalue weighted by molar-refractivity contribution is 7.97. The van der Waals surface area contributed by atoms with Gasteiger partial charge in [0.2, 0.25) is 0 Å². The molecule has 0 spiro atoms. The Hall–Kier alpha value is -5.95. The Labute approximate surface area is 302 Å². The summed E-state index contributed by atoms with van der Waals surface area (Å²) in [6.07, 6.45) is 3.73. The highest BCUT2D eigenvalue weighted by Crippen LogP contribution is 2.49. The largest absolute Gasteiger partial charge is 0.362 e. The summed E-state index contributed by atoms with van der Waals surface area (Å²) in [5.74, 6) is -0.00410. The molecular formula is C48H40NOP. The summed E-state index contributed by atoms with van der Waals surface area (Å²) in [6, 6.07) is 71.8. The van der Waals surface area contributed by atoms with Gasteiger partial charge in [-0.25, -0.2) is 0 Å². The van der Waals surface area contributed by atoms with Crippen molar-refractivity contribution < 1.29 is 4.79 Å². The number of benzene rings is 7. The quantitative estimate of drug-likeness (QED) is 0.0949. The van der Waals surface area contributed by atoms with E-state index in [4.69, 9.17) is 0 Å². The Bertz CT molecular complexity index is 2110. The van der Waals surface area contributed by atoms with E-state index in [9.17, 15) is 0 Å². The van der Waals surface area contributed by atoms with Gasteiger partial charge in [0, 0.05) is 29.6 Å². The molecule has 7 aromatic carbocycles. The molecule has 0 saturated carbocycles. The van der Waals surface area contributed by atoms with Crippen LogP contribution in [0.25, 0.3) is 6.08 Å². The van der Waals surface area contributed by atoms with Crippen molar-refractivity contribution in [3.05, 3.63) is 235 Å². The first-order valence-corrected chi connectivity index (χ1v) is 19.2. The van der Waals surface area contributed by atoms with Crippen molar-refractivity contribution in [3.63, 3.8) is 0 Å². The topological polar surface area (TPSA) is 20.3 Å². The summed E-state index contributed by atoms with van der Waals surface area (Å²) in [6.45, 7) is -1.44. The normalized spacial score (nSPS) is 11.3. The predicted molar refractivity (Wildman–Crippen MR) is 219 cm³/mol. The maximum absolute atomic E-state index is 15.5. The van der Waals surface area contributed by atoms with Crippen LogP contribution in [0.15, 0.2) is 212 Å². The third-order valence-electron chi connectivity index (χ3n) is 9.16. The van der Waals surface area contributed by atoms with Crippen molar-refractivity contribution in [3.8, 4) is 0 Å². The molecule has 0 aromatic heterocycles. The van der Waals surface area contributed by atoms with Crippen LogP contribution in [0.2, 0.25) is 0 Å². The van der Waals surface area contributed by atoms with Crippen molar-refractivity contribution in [2.24, 2.45) is 0 Å². The maximum Gasteiger partial charge on any atom is 0.187 e. The van der Waals surface area contributed by atoms with Gasteiger partial charge in [0.1, 0.15) is 0 Å². The second-order valence-corrected chi connectivity index (χ2v) is 15.8. The minimum Gasteiger partial charge on any atom is -0.362 e. The molecule has 0 heterocycles. The van der Waals surface area contributed by atoms with Gasteiger partial charge in [0.25, 0.3) is 0 Å². The summed E-state index contributed by atoms with van der Waals surface area (Å²) in [5.41, 5.74) is 5.35. The Balaban J connectivity index is 1.59. The number of hydrogen-bond donors (Lipinski definition) is 0. The minimum absolute atomic E-state index is 0.00410. The van der Waals surface area contributed by atoms with Crippen LogP contribution in [0, 0.1) is 0 Å². The first kappa shape index (κ1) is 33.5. The zero-order chi connectivity index (χ0) is 34.7. The van der Waals surface area contributed by atoms with Crippen molar-refractivity contribution in [2.75, 3.05) is 4.90 Å². The summed E-state index contributed by atoms with van der Waals surface area (Å²) in [5, 5.41) is 4.20. The van der Waals surface area contributed by atoms with E-state index in [0.717, 1.165) is 38.0 Å². The van der Waals surface area contributed by atoms with E-state index in [1.54, 1.807) is 6.08 Å². The predicted octanol–water partition coefficient (Wildman–Crippen LogP) is 9.69. The van der Waals surface area contributed by atoms with E-state index in [2.05, 4.69) is 181 Å². The molecular weight excluding hydrogens is 638 g/mol. The minimum atomic E-state index is -2.81. The average molecular weight is 678 g/mol. The van der Waals surface area contributed by atoms with Gasteiger partial charge in [0.15, 0.2) is 5.78 Å². The first-order valence-electron chi connectivity index (χ1n) is 17.4. The lowest BCUT2D eigenvalue weighted by Crippen LogP contribution is -2.35. The first-order chi connectivity index (χ1) is 25.2. The Kier molecular flexibility index (Phi) is 10.6. The molecule has 0 bridgehead atoms. The Morgan fingerprint density at radius 2 is 0.824 bits per heavy atom. The number of carbonyl (C=O) groups is 1. The molecule has 248 valence electrons. The smallest absolute Gasteiger partial charge is 0.187 e. The van der Waals surface area contributed by atoms with Crippen LogP contribution < -0.4 is 20.8 Å². The number of anilines is 1. The molecule has 0 aliphatic rings. The fourth-order valence-corrected chi connectivity index (χ4v) is 11.3. The Morgan fingerprint density at radius 3 is 1.27 bits per heavy atom. The van der Waals surface area contributed by atoms with Crippen molar-refractivity contribution in [2.45, 2.75) is 13.1 Å².